The van der Waals surface area contributed by atoms with E-state index in [0.29, 0.717) is 49.4 Å². The van der Waals surface area contributed by atoms with E-state index in [9.17, 15) is 49.4 Å². The Kier molecular flexibility index (Phi) is 10.3. The van der Waals surface area contributed by atoms with Gasteiger partial charge in [-0.2, -0.15) is 39.5 Å². The number of hydrogen-bond donors (Lipinski definition) is 2. The van der Waals surface area contributed by atoms with E-state index in [1.165, 1.54) is 6.07 Å². The van der Waals surface area contributed by atoms with Gasteiger partial charge in [-0.05, 0) is 81.8 Å². The van der Waals surface area contributed by atoms with Crippen molar-refractivity contribution in [1.29, 1.82) is 0 Å². The molecule has 0 radical (unpaired) electrons. The molecule has 2 N–H and O–H groups in total. The molecule has 1 atom stereocenters. The summed E-state index contributed by atoms with van der Waals surface area (Å²) >= 11 is 0. The molecule has 43 heavy (non-hydrogen) atoms. The van der Waals surface area contributed by atoms with Crippen LogP contribution in [0, 0.1) is 10.8 Å². The van der Waals surface area contributed by atoms with Crippen LogP contribution in [0.1, 0.15) is 50.2 Å². The third-order valence-electron chi connectivity index (χ3n) is 8.72. The second-order valence-corrected chi connectivity index (χ2v) is 11.8. The third-order valence-corrected chi connectivity index (χ3v) is 8.72. The summed E-state index contributed by atoms with van der Waals surface area (Å²) in [4.78, 5) is 24.3. The summed E-state index contributed by atoms with van der Waals surface area (Å²) in [5.41, 5.74) is -1.61. The zero-order valence-electron chi connectivity index (χ0n) is 23.3. The maximum absolute atomic E-state index is 13.6. The number of alkyl halides is 9. The lowest BCUT2D eigenvalue weighted by atomic mass is 9.77. The third kappa shape index (κ3) is 8.25. The summed E-state index contributed by atoms with van der Waals surface area (Å²) in [7, 11) is 0. The number of piperidine rings is 2. The molecule has 3 saturated heterocycles. The van der Waals surface area contributed by atoms with E-state index in [0.717, 1.165) is 12.1 Å². The van der Waals surface area contributed by atoms with Gasteiger partial charge in [0.15, 0.2) is 0 Å². The summed E-state index contributed by atoms with van der Waals surface area (Å²) in [5, 5.41) is 16.6. The predicted molar refractivity (Wildman–Crippen MR) is 136 cm³/mol. The van der Waals surface area contributed by atoms with Crippen LogP contribution in [0.3, 0.4) is 0 Å². The molecule has 1 spiro atoms. The maximum Gasteiger partial charge on any atom is 0.416 e. The minimum Gasteiger partial charge on any atom is -0.483 e. The molecular formula is C27H34F9N3O4. The highest BCUT2D eigenvalue weighted by atomic mass is 19.4. The van der Waals surface area contributed by atoms with Gasteiger partial charge in [-0.15, -0.1) is 0 Å². The van der Waals surface area contributed by atoms with Crippen LogP contribution in [0.4, 0.5) is 45.2 Å². The van der Waals surface area contributed by atoms with Crippen LogP contribution in [0.2, 0.25) is 0 Å². The molecule has 7 nitrogen and oxygen atoms in total. The van der Waals surface area contributed by atoms with Crippen molar-refractivity contribution < 1.29 is 59.3 Å². The molecule has 3 aliphatic heterocycles. The molecule has 0 saturated carbocycles. The van der Waals surface area contributed by atoms with E-state index in [1.807, 2.05) is 4.90 Å². The summed E-state index contributed by atoms with van der Waals surface area (Å²) in [6.07, 6.45) is -13.7. The first-order valence-electron chi connectivity index (χ1n) is 13.6. The van der Waals surface area contributed by atoms with Crippen molar-refractivity contribution in [3.05, 3.63) is 29.3 Å². The molecule has 3 heterocycles. The van der Waals surface area contributed by atoms with Crippen LogP contribution in [0.5, 0.6) is 0 Å². The molecule has 244 valence electrons. The molecule has 0 amide bonds. The molecular weight excluding hydrogens is 601 g/mol. The number of rotatable bonds is 5. The molecule has 3 aliphatic rings. The fourth-order valence-electron chi connectivity index (χ4n) is 6.46. The Balaban J connectivity index is 0.00000162. The molecule has 16 heteroatoms. The van der Waals surface area contributed by atoms with Crippen molar-refractivity contribution in [3.63, 3.8) is 0 Å². The fraction of sp³-hybridized carbons (Fsp3) is 0.704. The lowest BCUT2D eigenvalue weighted by molar-refractivity contribution is -0.290. The number of carboxylic acid groups (broad SMARTS) is 2. The molecule has 0 aliphatic carbocycles. The van der Waals surface area contributed by atoms with Gasteiger partial charge >= 0.3 is 24.5 Å². The zero-order chi connectivity index (χ0) is 32.4. The highest BCUT2D eigenvalue weighted by Gasteiger charge is 2.60. The van der Waals surface area contributed by atoms with Gasteiger partial charge in [-0.1, -0.05) is 6.07 Å². The Morgan fingerprint density at radius 1 is 0.930 bits per heavy atom. The molecule has 1 unspecified atom stereocenters. The minimum atomic E-state index is -5.44. The lowest BCUT2D eigenvalue weighted by Gasteiger charge is -2.43. The Hall–Kier alpha value is -2.75. The number of aliphatic carboxylic acids is 1. The second kappa shape index (κ2) is 12.7. The van der Waals surface area contributed by atoms with E-state index in [1.54, 1.807) is 11.8 Å². The van der Waals surface area contributed by atoms with Crippen molar-refractivity contribution in [2.45, 2.75) is 70.1 Å². The Morgan fingerprint density at radius 2 is 1.49 bits per heavy atom. The van der Waals surface area contributed by atoms with Gasteiger partial charge in [0, 0.05) is 31.9 Å². The van der Waals surface area contributed by atoms with Gasteiger partial charge < -0.3 is 15.1 Å². The standard InChI is InChI=1S/C26H32F9N3O2.CH2O2/c1-22(21(39)40)5-2-9-38(15-22)19-13-18(24(27,28)29)4-3-17(19)14-36-10-6-23(16-36)7-11-37(12-8-23)20(25(30,31)32)26(33,34)35;2-1-3/h3-4,13,20H,2,5-12,14-16H2,1H3,(H,39,40);1H,(H,2,3). The number of hydrogen-bond acceptors (Lipinski definition) is 5. The van der Waals surface area contributed by atoms with Crippen LogP contribution in [0.25, 0.3) is 0 Å². The molecule has 0 aromatic heterocycles. The number of benzene rings is 1. The van der Waals surface area contributed by atoms with E-state index in [2.05, 4.69) is 0 Å². The van der Waals surface area contributed by atoms with Crippen LogP contribution in [0.15, 0.2) is 18.2 Å². The molecule has 4 rings (SSSR count). The smallest absolute Gasteiger partial charge is 0.416 e. The second-order valence-electron chi connectivity index (χ2n) is 11.8. The summed E-state index contributed by atoms with van der Waals surface area (Å²) in [6, 6.07) is -0.138. The first-order valence-corrected chi connectivity index (χ1v) is 13.6. The van der Waals surface area contributed by atoms with Gasteiger partial charge in [0.25, 0.3) is 6.47 Å². The number of likely N-dealkylation sites (tertiary alicyclic amines) is 2. The SMILES string of the molecule is CC1(C(=O)O)CCCN(c2cc(C(F)(F)F)ccc2CN2CCC3(CCN(C(C(F)(F)F)C(F)(F)F)CC3)C2)C1.O=CO. The molecule has 0 bridgehead atoms. The average Bonchev–Trinajstić information content (AvgIpc) is 3.25. The summed E-state index contributed by atoms with van der Waals surface area (Å²) < 4.78 is 120. The van der Waals surface area contributed by atoms with Crippen molar-refractivity contribution >= 4 is 18.1 Å². The van der Waals surface area contributed by atoms with Crippen LogP contribution in [-0.4, -0.2) is 90.1 Å². The zero-order valence-corrected chi connectivity index (χ0v) is 23.3. The van der Waals surface area contributed by atoms with E-state index in [-0.39, 0.29) is 51.2 Å². The Labute approximate surface area is 242 Å². The van der Waals surface area contributed by atoms with Crippen molar-refractivity contribution in [3.8, 4) is 0 Å². The summed E-state index contributed by atoms with van der Waals surface area (Å²) in [6.45, 7) is 2.15. The number of anilines is 1. The van der Waals surface area contributed by atoms with Gasteiger partial charge in [0.1, 0.15) is 0 Å². The fourth-order valence-corrected chi connectivity index (χ4v) is 6.46. The molecule has 3 fully saturated rings. The van der Waals surface area contributed by atoms with Gasteiger partial charge in [-0.3, -0.25) is 19.4 Å². The largest absolute Gasteiger partial charge is 0.483 e. The lowest BCUT2D eigenvalue weighted by Crippen LogP contribution is -2.58. The first kappa shape index (κ1) is 34.7. The number of nitrogens with zero attached hydrogens (tertiary/aromatic N) is 3. The molecule has 1 aromatic carbocycles. The Morgan fingerprint density at radius 3 is 2.00 bits per heavy atom. The molecule has 1 aromatic rings. The van der Waals surface area contributed by atoms with Crippen LogP contribution in [-0.2, 0) is 22.3 Å². The normalized spacial score (nSPS) is 23.7. The van der Waals surface area contributed by atoms with Crippen molar-refractivity contribution in [2.75, 3.05) is 44.2 Å². The van der Waals surface area contributed by atoms with Gasteiger partial charge in [-0.25, -0.2) is 0 Å². The topological polar surface area (TPSA) is 84.3 Å². The van der Waals surface area contributed by atoms with E-state index in [4.69, 9.17) is 9.90 Å². The number of halogens is 9. The van der Waals surface area contributed by atoms with E-state index >= 15 is 0 Å². The maximum atomic E-state index is 13.6. The van der Waals surface area contributed by atoms with E-state index < -0.39 is 46.9 Å². The summed E-state index contributed by atoms with van der Waals surface area (Å²) in [5.74, 6) is -1.03. The van der Waals surface area contributed by atoms with Gasteiger partial charge in [0.2, 0.25) is 6.04 Å². The average molecular weight is 636 g/mol. The Bertz CT molecular complexity index is 1120. The van der Waals surface area contributed by atoms with Crippen molar-refractivity contribution in [1.82, 2.24) is 9.80 Å². The van der Waals surface area contributed by atoms with Gasteiger partial charge in [0.05, 0.1) is 11.0 Å². The quantitative estimate of drug-likeness (QED) is 0.309. The first-order chi connectivity index (χ1) is 19.7. The van der Waals surface area contributed by atoms with Crippen LogP contribution >= 0.6 is 0 Å². The van der Waals surface area contributed by atoms with Crippen molar-refractivity contribution in [2.24, 2.45) is 10.8 Å². The monoisotopic (exact) mass is 635 g/mol. The number of carbonyl (C=O) groups is 2. The predicted octanol–water partition coefficient (Wildman–Crippen LogP) is 5.88. The highest BCUT2D eigenvalue weighted by Crippen LogP contribution is 2.46. The number of carboxylic acids is 1. The van der Waals surface area contributed by atoms with Crippen LogP contribution < -0.4 is 4.90 Å². The minimum absolute atomic E-state index is 0.0377. The highest BCUT2D eigenvalue weighted by molar-refractivity contribution is 5.75.